The molecule has 5 heteroatoms. The molecule has 1 amide bonds. The van der Waals surface area contributed by atoms with Gasteiger partial charge in [0.25, 0.3) is 5.91 Å². The Morgan fingerprint density at radius 3 is 2.41 bits per heavy atom. The zero-order valence-electron chi connectivity index (χ0n) is 16.4. The Kier molecular flexibility index (Phi) is 5.97. The summed E-state index contributed by atoms with van der Waals surface area (Å²) in [4.78, 5) is 12.9. The van der Waals surface area contributed by atoms with Crippen LogP contribution in [0, 0.1) is 13.8 Å². The lowest BCUT2D eigenvalue weighted by Crippen LogP contribution is -2.48. The fourth-order valence-electron chi connectivity index (χ4n) is 4.92. The van der Waals surface area contributed by atoms with Crippen molar-refractivity contribution >= 4 is 18.3 Å². The molecule has 2 N–H and O–H groups in total. The summed E-state index contributed by atoms with van der Waals surface area (Å²) in [5.74, 6) is 0.0795. The average molecular weight is 388 g/mol. The maximum Gasteiger partial charge on any atom is 0.253 e. The number of nitrogens with one attached hydrogen (secondary N) is 2. The van der Waals surface area contributed by atoms with Gasteiger partial charge in [-0.1, -0.05) is 30.3 Å². The van der Waals surface area contributed by atoms with Gasteiger partial charge in [0.15, 0.2) is 0 Å². The molecule has 2 bridgehead atoms. The second kappa shape index (κ2) is 8.07. The minimum absolute atomic E-state index is 0. The first kappa shape index (κ1) is 20.0. The zero-order valence-corrected chi connectivity index (χ0v) is 17.2. The molecule has 0 aliphatic carbocycles. The Morgan fingerprint density at radius 2 is 1.78 bits per heavy atom. The third kappa shape index (κ3) is 3.92. The summed E-state index contributed by atoms with van der Waals surface area (Å²) >= 11 is 0. The van der Waals surface area contributed by atoms with Gasteiger partial charge in [0.1, 0.15) is 0 Å². The molecule has 1 aromatic carbocycles. The summed E-state index contributed by atoms with van der Waals surface area (Å²) in [5, 5.41) is 6.94. The number of piperidine rings is 1. The summed E-state index contributed by atoms with van der Waals surface area (Å²) in [6, 6.07) is 14.2. The number of aromatic nitrogens is 1. The molecule has 4 nitrogen and oxygen atoms in total. The highest BCUT2D eigenvalue weighted by Gasteiger charge is 2.34. The van der Waals surface area contributed by atoms with Crippen molar-refractivity contribution < 1.29 is 4.79 Å². The Morgan fingerprint density at radius 1 is 1.15 bits per heavy atom. The normalized spacial score (nSPS) is 24.9. The molecular formula is C22H30ClN3O. The highest BCUT2D eigenvalue weighted by Crippen LogP contribution is 2.28. The molecule has 3 atom stereocenters. The van der Waals surface area contributed by atoms with Gasteiger partial charge in [0, 0.05) is 29.5 Å². The smallest absolute Gasteiger partial charge is 0.253 e. The number of benzene rings is 1. The highest BCUT2D eigenvalue weighted by atomic mass is 35.5. The van der Waals surface area contributed by atoms with Crippen molar-refractivity contribution in [2.45, 2.75) is 70.6 Å². The van der Waals surface area contributed by atoms with Crippen LogP contribution in [0.5, 0.6) is 0 Å². The predicted molar refractivity (Wildman–Crippen MR) is 112 cm³/mol. The molecule has 0 saturated carbocycles. The van der Waals surface area contributed by atoms with Gasteiger partial charge in [0.05, 0.1) is 11.6 Å². The SMILES string of the molecule is Cc1cc(C(=O)NC2CC3CCC(C2)N3)c(C)n1C(C)c1ccccc1.Cl. The number of fused-ring (bicyclic) bond motifs is 2. The van der Waals surface area contributed by atoms with E-state index in [-0.39, 0.29) is 24.4 Å². The first-order valence-corrected chi connectivity index (χ1v) is 9.83. The minimum atomic E-state index is 0. The molecule has 2 aliphatic heterocycles. The molecule has 4 rings (SSSR count). The minimum Gasteiger partial charge on any atom is -0.349 e. The number of hydrogen-bond acceptors (Lipinski definition) is 2. The second-order valence-electron chi connectivity index (χ2n) is 8.02. The molecule has 0 radical (unpaired) electrons. The number of amides is 1. The number of rotatable bonds is 4. The van der Waals surface area contributed by atoms with Crippen molar-refractivity contribution in [2.24, 2.45) is 0 Å². The van der Waals surface area contributed by atoms with Crippen LogP contribution in [0.4, 0.5) is 0 Å². The van der Waals surface area contributed by atoms with Crippen LogP contribution in [0.2, 0.25) is 0 Å². The lowest BCUT2D eigenvalue weighted by Gasteiger charge is -2.29. The molecular weight excluding hydrogens is 358 g/mol. The maximum atomic E-state index is 12.9. The summed E-state index contributed by atoms with van der Waals surface area (Å²) in [5.41, 5.74) is 4.26. The second-order valence-corrected chi connectivity index (χ2v) is 8.02. The standard InChI is InChI=1S/C22H29N3O.ClH/c1-14-11-21(16(3)25(14)15(2)17-7-5-4-6-8-17)22(26)24-20-12-18-9-10-19(13-20)23-18;/h4-8,11,15,18-20,23H,9-10,12-13H2,1-3H3,(H,24,26);1H. The Bertz CT molecular complexity index is 789. The van der Waals surface area contributed by atoms with E-state index >= 15 is 0 Å². The monoisotopic (exact) mass is 387 g/mol. The molecule has 3 unspecified atom stereocenters. The van der Waals surface area contributed by atoms with Gasteiger partial charge in [0.2, 0.25) is 0 Å². The first-order chi connectivity index (χ1) is 12.5. The van der Waals surface area contributed by atoms with Crippen molar-refractivity contribution in [2.75, 3.05) is 0 Å². The van der Waals surface area contributed by atoms with Crippen LogP contribution >= 0.6 is 12.4 Å². The van der Waals surface area contributed by atoms with Gasteiger partial charge in [-0.2, -0.15) is 0 Å². The van der Waals surface area contributed by atoms with Gasteiger partial charge in [-0.3, -0.25) is 4.79 Å². The molecule has 27 heavy (non-hydrogen) atoms. The Hall–Kier alpha value is -1.78. The van der Waals surface area contributed by atoms with E-state index in [2.05, 4.69) is 60.2 Å². The van der Waals surface area contributed by atoms with Crippen molar-refractivity contribution in [1.82, 2.24) is 15.2 Å². The van der Waals surface area contributed by atoms with E-state index in [4.69, 9.17) is 0 Å². The van der Waals surface area contributed by atoms with E-state index in [0.29, 0.717) is 18.1 Å². The van der Waals surface area contributed by atoms with E-state index in [1.165, 1.54) is 18.4 Å². The van der Waals surface area contributed by atoms with Gasteiger partial charge in [-0.15, -0.1) is 12.4 Å². The lowest BCUT2D eigenvalue weighted by atomic mass is 9.99. The number of hydrogen-bond donors (Lipinski definition) is 2. The van der Waals surface area contributed by atoms with E-state index in [0.717, 1.165) is 29.8 Å². The molecule has 0 spiro atoms. The van der Waals surface area contributed by atoms with Gasteiger partial charge in [-0.05, 0) is 58.1 Å². The number of carbonyl (C=O) groups excluding carboxylic acids is 1. The van der Waals surface area contributed by atoms with Gasteiger partial charge < -0.3 is 15.2 Å². The van der Waals surface area contributed by atoms with Crippen LogP contribution in [0.3, 0.4) is 0 Å². The van der Waals surface area contributed by atoms with E-state index in [1.54, 1.807) is 0 Å². The fourth-order valence-corrected chi connectivity index (χ4v) is 4.92. The van der Waals surface area contributed by atoms with Crippen molar-refractivity contribution in [1.29, 1.82) is 0 Å². The van der Waals surface area contributed by atoms with E-state index in [9.17, 15) is 4.79 Å². The van der Waals surface area contributed by atoms with E-state index in [1.807, 2.05) is 12.1 Å². The lowest BCUT2D eigenvalue weighted by molar-refractivity contribution is 0.0923. The summed E-state index contributed by atoms with van der Waals surface area (Å²) < 4.78 is 2.27. The van der Waals surface area contributed by atoms with Crippen LogP contribution in [-0.4, -0.2) is 28.6 Å². The Balaban J connectivity index is 0.00000210. The van der Waals surface area contributed by atoms with Gasteiger partial charge in [-0.25, -0.2) is 0 Å². The van der Waals surface area contributed by atoms with Crippen LogP contribution in [0.1, 0.15) is 66.0 Å². The topological polar surface area (TPSA) is 46.1 Å². The highest BCUT2D eigenvalue weighted by molar-refractivity contribution is 5.96. The van der Waals surface area contributed by atoms with Crippen LogP contribution in [-0.2, 0) is 0 Å². The third-order valence-electron chi connectivity index (χ3n) is 6.21. The fraction of sp³-hybridized carbons (Fsp3) is 0.500. The maximum absolute atomic E-state index is 12.9. The Labute approximate surface area is 168 Å². The third-order valence-corrected chi connectivity index (χ3v) is 6.21. The molecule has 1 aromatic heterocycles. The number of carbonyl (C=O) groups is 1. The molecule has 146 valence electrons. The summed E-state index contributed by atoms with van der Waals surface area (Å²) in [7, 11) is 0. The molecule has 3 heterocycles. The number of nitrogens with zero attached hydrogens (tertiary/aromatic N) is 1. The van der Waals surface area contributed by atoms with Crippen molar-refractivity contribution in [3.8, 4) is 0 Å². The largest absolute Gasteiger partial charge is 0.349 e. The van der Waals surface area contributed by atoms with Crippen molar-refractivity contribution in [3.63, 3.8) is 0 Å². The quantitative estimate of drug-likeness (QED) is 0.827. The molecule has 2 aliphatic rings. The van der Waals surface area contributed by atoms with Crippen LogP contribution in [0.15, 0.2) is 36.4 Å². The van der Waals surface area contributed by atoms with Crippen LogP contribution < -0.4 is 10.6 Å². The molecule has 2 aromatic rings. The number of aryl methyl sites for hydroxylation is 1. The zero-order chi connectivity index (χ0) is 18.3. The average Bonchev–Trinajstić information content (AvgIpc) is 3.13. The predicted octanol–water partition coefficient (Wildman–Crippen LogP) is 4.15. The first-order valence-electron chi connectivity index (χ1n) is 9.83. The summed E-state index contributed by atoms with van der Waals surface area (Å²) in [6.07, 6.45) is 4.61. The molecule has 2 fully saturated rings. The van der Waals surface area contributed by atoms with Crippen LogP contribution in [0.25, 0.3) is 0 Å². The van der Waals surface area contributed by atoms with Gasteiger partial charge >= 0.3 is 0 Å². The number of halogens is 1. The summed E-state index contributed by atoms with van der Waals surface area (Å²) in [6.45, 7) is 6.35. The van der Waals surface area contributed by atoms with E-state index < -0.39 is 0 Å². The van der Waals surface area contributed by atoms with Crippen molar-refractivity contribution in [3.05, 3.63) is 58.9 Å². The molecule has 2 saturated heterocycles.